The average molecular weight is 356 g/mol. The predicted molar refractivity (Wildman–Crippen MR) is 101 cm³/mol. The first-order chi connectivity index (χ1) is 11.8. The van der Waals surface area contributed by atoms with Gasteiger partial charge in [0.2, 0.25) is 0 Å². The molecule has 6 heteroatoms. The highest BCUT2D eigenvalue weighted by Crippen LogP contribution is 2.42. The van der Waals surface area contributed by atoms with Crippen molar-refractivity contribution in [3.05, 3.63) is 0 Å². The molecule has 0 aromatic heterocycles. The van der Waals surface area contributed by atoms with Crippen LogP contribution in [-0.2, 0) is 9.47 Å². The number of aliphatic imine (C=N–C) groups is 1. The van der Waals surface area contributed by atoms with E-state index in [4.69, 9.17) is 9.47 Å². The number of ether oxygens (including phenoxy) is 2. The van der Waals surface area contributed by atoms with Crippen molar-refractivity contribution in [1.29, 1.82) is 0 Å². The molecule has 0 aromatic rings. The second-order valence-electron chi connectivity index (χ2n) is 7.20. The van der Waals surface area contributed by atoms with Crippen LogP contribution in [0.1, 0.15) is 44.9 Å². The molecule has 1 unspecified atom stereocenters. The summed E-state index contributed by atoms with van der Waals surface area (Å²) in [7, 11) is 1.89. The second-order valence-corrected chi connectivity index (χ2v) is 8.76. The van der Waals surface area contributed by atoms with Gasteiger partial charge in [0.1, 0.15) is 0 Å². The molecule has 0 aromatic carbocycles. The Morgan fingerprint density at radius 2 is 2.21 bits per heavy atom. The van der Waals surface area contributed by atoms with Gasteiger partial charge in [-0.05, 0) is 25.7 Å². The van der Waals surface area contributed by atoms with Crippen molar-refractivity contribution in [2.24, 2.45) is 4.99 Å². The van der Waals surface area contributed by atoms with Gasteiger partial charge in [0.25, 0.3) is 0 Å². The van der Waals surface area contributed by atoms with Crippen molar-refractivity contribution in [2.75, 3.05) is 52.3 Å². The average Bonchev–Trinajstić information content (AvgIpc) is 3.12. The van der Waals surface area contributed by atoms with E-state index in [1.165, 1.54) is 44.3 Å². The highest BCUT2D eigenvalue weighted by Gasteiger charge is 2.38. The summed E-state index contributed by atoms with van der Waals surface area (Å²) in [6.07, 6.45) is 9.57. The van der Waals surface area contributed by atoms with Crippen LogP contribution < -0.4 is 5.32 Å². The van der Waals surface area contributed by atoms with Crippen molar-refractivity contribution in [3.63, 3.8) is 0 Å². The smallest absolute Gasteiger partial charge is 0.193 e. The van der Waals surface area contributed by atoms with Crippen molar-refractivity contribution >= 4 is 17.7 Å². The SMILES string of the molecule is CN=C(NCCOCC1CCCO1)N1CCSC2(CCCCC2)C1. The van der Waals surface area contributed by atoms with Gasteiger partial charge in [0.15, 0.2) is 5.96 Å². The Labute approximate surface area is 150 Å². The molecule has 1 spiro atoms. The summed E-state index contributed by atoms with van der Waals surface area (Å²) in [5.41, 5.74) is 0. The van der Waals surface area contributed by atoms with E-state index in [1.54, 1.807) is 0 Å². The molecule has 3 fully saturated rings. The van der Waals surface area contributed by atoms with Crippen LogP contribution in [-0.4, -0.2) is 74.0 Å². The fourth-order valence-electron chi connectivity index (χ4n) is 4.08. The maximum absolute atomic E-state index is 5.74. The zero-order valence-electron chi connectivity index (χ0n) is 15.1. The van der Waals surface area contributed by atoms with E-state index >= 15 is 0 Å². The standard InChI is InChI=1S/C18H33N3O2S/c1-19-17(20-9-12-22-14-16-6-5-11-23-16)21-10-13-24-18(15-21)7-3-2-4-8-18/h16H,2-15H2,1H3,(H,19,20). The van der Waals surface area contributed by atoms with Gasteiger partial charge in [0, 0.05) is 43.8 Å². The summed E-state index contributed by atoms with van der Waals surface area (Å²) in [6, 6.07) is 0. The summed E-state index contributed by atoms with van der Waals surface area (Å²) in [6.45, 7) is 5.40. The van der Waals surface area contributed by atoms with E-state index in [1.807, 2.05) is 7.05 Å². The van der Waals surface area contributed by atoms with E-state index in [2.05, 4.69) is 27.0 Å². The monoisotopic (exact) mass is 355 g/mol. The molecule has 1 atom stereocenters. The first-order valence-electron chi connectivity index (χ1n) is 9.60. The third-order valence-corrected chi connectivity index (χ3v) is 6.92. The lowest BCUT2D eigenvalue weighted by atomic mass is 9.87. The molecule has 2 heterocycles. The normalized spacial score (nSPS) is 27.6. The fourth-order valence-corrected chi connectivity index (χ4v) is 5.65. The lowest BCUT2D eigenvalue weighted by Crippen LogP contribution is -2.53. The van der Waals surface area contributed by atoms with Gasteiger partial charge in [-0.1, -0.05) is 19.3 Å². The molecule has 0 amide bonds. The Morgan fingerprint density at radius 3 is 2.96 bits per heavy atom. The van der Waals surface area contributed by atoms with E-state index in [0.717, 1.165) is 45.2 Å². The third kappa shape index (κ3) is 5.02. The number of rotatable bonds is 5. The van der Waals surface area contributed by atoms with E-state index < -0.39 is 0 Å². The molecule has 2 aliphatic heterocycles. The van der Waals surface area contributed by atoms with Gasteiger partial charge in [0.05, 0.1) is 19.3 Å². The quantitative estimate of drug-likeness (QED) is 0.466. The van der Waals surface area contributed by atoms with Crippen molar-refractivity contribution in [3.8, 4) is 0 Å². The number of hydrogen-bond acceptors (Lipinski definition) is 4. The van der Waals surface area contributed by atoms with Crippen LogP contribution in [0.3, 0.4) is 0 Å². The lowest BCUT2D eigenvalue weighted by Gasteiger charge is -2.45. The van der Waals surface area contributed by atoms with E-state index in [9.17, 15) is 0 Å². The molecule has 0 radical (unpaired) electrons. The molecule has 24 heavy (non-hydrogen) atoms. The number of thioether (sulfide) groups is 1. The number of nitrogens with zero attached hydrogens (tertiary/aromatic N) is 2. The van der Waals surface area contributed by atoms with Gasteiger partial charge in [-0.25, -0.2) is 0 Å². The van der Waals surface area contributed by atoms with Crippen LogP contribution in [0.25, 0.3) is 0 Å². The van der Waals surface area contributed by atoms with Crippen molar-refractivity contribution < 1.29 is 9.47 Å². The highest BCUT2D eigenvalue weighted by molar-refractivity contribution is 8.00. The molecule has 1 N–H and O–H groups in total. The van der Waals surface area contributed by atoms with Crippen LogP contribution in [0.15, 0.2) is 4.99 Å². The molecule has 0 bridgehead atoms. The predicted octanol–water partition coefficient (Wildman–Crippen LogP) is 2.51. The molecular formula is C18H33N3O2S. The largest absolute Gasteiger partial charge is 0.377 e. The van der Waals surface area contributed by atoms with Crippen LogP contribution in [0.4, 0.5) is 0 Å². The van der Waals surface area contributed by atoms with Crippen molar-refractivity contribution in [2.45, 2.75) is 55.8 Å². The van der Waals surface area contributed by atoms with Crippen molar-refractivity contribution in [1.82, 2.24) is 10.2 Å². The minimum absolute atomic E-state index is 0.314. The number of nitrogens with one attached hydrogen (secondary N) is 1. The van der Waals surface area contributed by atoms with Crippen LogP contribution in [0, 0.1) is 0 Å². The molecule has 1 saturated carbocycles. The van der Waals surface area contributed by atoms with Gasteiger partial charge in [-0.2, -0.15) is 11.8 Å². The highest BCUT2D eigenvalue weighted by atomic mass is 32.2. The van der Waals surface area contributed by atoms with Gasteiger partial charge in [-0.3, -0.25) is 4.99 Å². The van der Waals surface area contributed by atoms with Crippen LogP contribution in [0.5, 0.6) is 0 Å². The molecule has 5 nitrogen and oxygen atoms in total. The minimum Gasteiger partial charge on any atom is -0.377 e. The third-order valence-electron chi connectivity index (χ3n) is 5.38. The summed E-state index contributed by atoms with van der Waals surface area (Å²) < 4.78 is 11.8. The Bertz CT molecular complexity index is 402. The first-order valence-corrected chi connectivity index (χ1v) is 10.6. The summed E-state index contributed by atoms with van der Waals surface area (Å²) >= 11 is 2.20. The number of guanidine groups is 1. The topological polar surface area (TPSA) is 46.1 Å². The Morgan fingerprint density at radius 1 is 1.33 bits per heavy atom. The zero-order valence-corrected chi connectivity index (χ0v) is 15.9. The Balaban J connectivity index is 1.38. The van der Waals surface area contributed by atoms with Gasteiger partial charge in [-0.15, -0.1) is 0 Å². The molecule has 3 rings (SSSR count). The molecule has 1 aliphatic carbocycles. The maximum Gasteiger partial charge on any atom is 0.193 e. The second kappa shape index (κ2) is 9.30. The Hall–Kier alpha value is -0.460. The lowest BCUT2D eigenvalue weighted by molar-refractivity contribution is 0.0190. The molecule has 138 valence electrons. The summed E-state index contributed by atoms with van der Waals surface area (Å²) in [5, 5.41) is 3.49. The maximum atomic E-state index is 5.74. The summed E-state index contributed by atoms with van der Waals surface area (Å²) in [4.78, 5) is 6.97. The van der Waals surface area contributed by atoms with E-state index in [0.29, 0.717) is 17.5 Å². The number of hydrogen-bond donors (Lipinski definition) is 1. The molecule has 3 aliphatic rings. The van der Waals surface area contributed by atoms with E-state index in [-0.39, 0.29) is 0 Å². The fraction of sp³-hybridized carbons (Fsp3) is 0.944. The van der Waals surface area contributed by atoms with Crippen LogP contribution in [0.2, 0.25) is 0 Å². The first kappa shape index (κ1) is 18.3. The van der Waals surface area contributed by atoms with Gasteiger partial charge >= 0.3 is 0 Å². The summed E-state index contributed by atoms with van der Waals surface area (Å²) in [5.74, 6) is 2.26. The molecular weight excluding hydrogens is 322 g/mol. The zero-order chi connectivity index (χ0) is 16.7. The Kier molecular flexibility index (Phi) is 7.10. The minimum atomic E-state index is 0.314. The van der Waals surface area contributed by atoms with Crippen LogP contribution >= 0.6 is 11.8 Å². The van der Waals surface area contributed by atoms with Gasteiger partial charge < -0.3 is 19.7 Å². The molecule has 2 saturated heterocycles.